The minimum absolute atomic E-state index is 0.0358. The fourth-order valence-corrected chi connectivity index (χ4v) is 4.51. The largest absolute Gasteiger partial charge is 0.352 e. The van der Waals surface area contributed by atoms with Crippen molar-refractivity contribution in [1.82, 2.24) is 20.0 Å². The van der Waals surface area contributed by atoms with Crippen LogP contribution < -0.4 is 5.32 Å². The van der Waals surface area contributed by atoms with Crippen LogP contribution in [0, 0.1) is 5.92 Å². The number of benzene rings is 1. The molecule has 1 N–H and O–H groups in total. The van der Waals surface area contributed by atoms with E-state index in [0.29, 0.717) is 58.2 Å². The average Bonchev–Trinajstić information content (AvgIpc) is 3.56. The molecule has 3 aliphatic rings. The van der Waals surface area contributed by atoms with Gasteiger partial charge in [0.05, 0.1) is 6.54 Å². The summed E-state index contributed by atoms with van der Waals surface area (Å²) in [6, 6.07) is 8.04. The molecule has 1 unspecified atom stereocenters. The van der Waals surface area contributed by atoms with Gasteiger partial charge in [-0.25, -0.2) is 0 Å². The van der Waals surface area contributed by atoms with Crippen LogP contribution in [0.5, 0.6) is 0 Å². The van der Waals surface area contributed by atoms with Gasteiger partial charge < -0.3 is 15.1 Å². The van der Waals surface area contributed by atoms with E-state index in [1.807, 2.05) is 30.9 Å². The van der Waals surface area contributed by atoms with Crippen molar-refractivity contribution in [3.8, 4) is 0 Å². The third-order valence-electron chi connectivity index (χ3n) is 6.43. The van der Waals surface area contributed by atoms with Gasteiger partial charge in [0.25, 0.3) is 0 Å². The maximum Gasteiger partial charge on any atom is 0.245 e. The Morgan fingerprint density at radius 2 is 1.71 bits per heavy atom. The molecular formula is C24H34N4O3. The van der Waals surface area contributed by atoms with E-state index in [2.05, 4.69) is 22.3 Å². The van der Waals surface area contributed by atoms with Crippen molar-refractivity contribution in [3.63, 3.8) is 0 Å². The molecule has 7 nitrogen and oxygen atoms in total. The lowest BCUT2D eigenvalue weighted by Crippen LogP contribution is -2.58. The number of nitrogens with zero attached hydrogens (tertiary/aromatic N) is 3. The summed E-state index contributed by atoms with van der Waals surface area (Å²) in [5.74, 6) is 0.425. The van der Waals surface area contributed by atoms with E-state index in [1.54, 1.807) is 4.90 Å². The monoisotopic (exact) mass is 426 g/mol. The first-order chi connectivity index (χ1) is 14.9. The van der Waals surface area contributed by atoms with E-state index in [1.165, 1.54) is 0 Å². The first kappa shape index (κ1) is 21.8. The molecule has 1 saturated heterocycles. The van der Waals surface area contributed by atoms with E-state index in [4.69, 9.17) is 0 Å². The zero-order valence-electron chi connectivity index (χ0n) is 18.7. The van der Waals surface area contributed by atoms with Crippen LogP contribution in [0.4, 0.5) is 0 Å². The number of rotatable bonds is 6. The smallest absolute Gasteiger partial charge is 0.245 e. The van der Waals surface area contributed by atoms with Crippen LogP contribution in [-0.2, 0) is 27.3 Å². The van der Waals surface area contributed by atoms with Crippen molar-refractivity contribution in [3.05, 3.63) is 35.4 Å². The van der Waals surface area contributed by atoms with Gasteiger partial charge in [-0.05, 0) is 29.9 Å². The van der Waals surface area contributed by atoms with Gasteiger partial charge in [0.15, 0.2) is 0 Å². The molecule has 1 atom stereocenters. The standard InChI is InChI=1S/C24H34N4O3/c1-17(2)13-23(30)28-15-19-6-4-3-5-18(19)14-21(28)24(31)27-11-9-26(10-12-27)16-22(29)25-20-7-8-20/h3-6,17,20-21H,7-16H2,1-2H3,(H,25,29). The second-order valence-corrected chi connectivity index (χ2v) is 9.55. The average molecular weight is 427 g/mol. The number of piperazine rings is 1. The molecule has 4 rings (SSSR count). The Labute approximate surface area is 184 Å². The van der Waals surface area contributed by atoms with Gasteiger partial charge in [-0.1, -0.05) is 38.1 Å². The SMILES string of the molecule is CC(C)CC(=O)N1Cc2ccccc2CC1C(=O)N1CCN(CC(=O)NC2CC2)CC1. The predicted octanol–water partition coefficient (Wildman–Crippen LogP) is 1.41. The molecule has 3 amide bonds. The molecule has 1 saturated carbocycles. The van der Waals surface area contributed by atoms with E-state index in [-0.39, 0.29) is 23.6 Å². The Morgan fingerprint density at radius 1 is 1.03 bits per heavy atom. The maximum atomic E-state index is 13.5. The summed E-state index contributed by atoms with van der Waals surface area (Å²) in [7, 11) is 0. The number of hydrogen-bond acceptors (Lipinski definition) is 4. The number of hydrogen-bond donors (Lipinski definition) is 1. The third-order valence-corrected chi connectivity index (χ3v) is 6.43. The van der Waals surface area contributed by atoms with Gasteiger partial charge in [-0.3, -0.25) is 19.3 Å². The van der Waals surface area contributed by atoms with E-state index in [9.17, 15) is 14.4 Å². The number of amides is 3. The molecule has 1 aromatic rings. The van der Waals surface area contributed by atoms with Gasteiger partial charge in [-0.2, -0.15) is 0 Å². The van der Waals surface area contributed by atoms with Gasteiger partial charge in [0.1, 0.15) is 6.04 Å². The Morgan fingerprint density at radius 3 is 2.35 bits per heavy atom. The van der Waals surface area contributed by atoms with Crippen molar-refractivity contribution in [2.45, 2.75) is 58.2 Å². The molecule has 1 aliphatic carbocycles. The molecular weight excluding hydrogens is 392 g/mol. The molecule has 0 radical (unpaired) electrons. The zero-order valence-corrected chi connectivity index (χ0v) is 18.7. The van der Waals surface area contributed by atoms with Crippen molar-refractivity contribution in [2.24, 2.45) is 5.92 Å². The van der Waals surface area contributed by atoms with Crippen LogP contribution in [0.3, 0.4) is 0 Å². The molecule has 2 fully saturated rings. The van der Waals surface area contributed by atoms with Gasteiger partial charge >= 0.3 is 0 Å². The van der Waals surface area contributed by atoms with Crippen molar-refractivity contribution >= 4 is 17.7 Å². The molecule has 31 heavy (non-hydrogen) atoms. The van der Waals surface area contributed by atoms with E-state index >= 15 is 0 Å². The number of nitrogens with one attached hydrogen (secondary N) is 1. The first-order valence-corrected chi connectivity index (χ1v) is 11.6. The molecule has 7 heteroatoms. The van der Waals surface area contributed by atoms with Crippen LogP contribution in [0.1, 0.15) is 44.2 Å². The molecule has 0 spiro atoms. The lowest BCUT2D eigenvalue weighted by Gasteiger charge is -2.41. The summed E-state index contributed by atoms with van der Waals surface area (Å²) in [6.07, 6.45) is 3.20. The second kappa shape index (κ2) is 9.39. The summed E-state index contributed by atoms with van der Waals surface area (Å²) in [5.41, 5.74) is 2.29. The number of carbonyl (C=O) groups is 3. The van der Waals surface area contributed by atoms with Crippen LogP contribution in [-0.4, -0.2) is 77.2 Å². The Kier molecular flexibility index (Phi) is 6.60. The van der Waals surface area contributed by atoms with Gasteiger partial charge in [0, 0.05) is 51.6 Å². The van der Waals surface area contributed by atoms with Crippen molar-refractivity contribution < 1.29 is 14.4 Å². The predicted molar refractivity (Wildman–Crippen MR) is 118 cm³/mol. The van der Waals surface area contributed by atoms with Crippen LogP contribution in [0.15, 0.2) is 24.3 Å². The first-order valence-electron chi connectivity index (χ1n) is 11.6. The molecule has 0 aromatic heterocycles. The van der Waals surface area contributed by atoms with Crippen LogP contribution >= 0.6 is 0 Å². The highest BCUT2D eigenvalue weighted by atomic mass is 16.2. The molecule has 168 valence electrons. The zero-order chi connectivity index (χ0) is 22.0. The maximum absolute atomic E-state index is 13.5. The fourth-order valence-electron chi connectivity index (χ4n) is 4.51. The molecule has 2 heterocycles. The fraction of sp³-hybridized carbons (Fsp3) is 0.625. The normalized spacial score (nSPS) is 21.7. The summed E-state index contributed by atoms with van der Waals surface area (Å²) >= 11 is 0. The van der Waals surface area contributed by atoms with Crippen LogP contribution in [0.2, 0.25) is 0 Å². The third kappa shape index (κ3) is 5.45. The quantitative estimate of drug-likeness (QED) is 0.747. The second-order valence-electron chi connectivity index (χ2n) is 9.55. The van der Waals surface area contributed by atoms with E-state index in [0.717, 1.165) is 24.0 Å². The topological polar surface area (TPSA) is 73.0 Å². The minimum atomic E-state index is -0.439. The Hall–Kier alpha value is -2.41. The lowest BCUT2D eigenvalue weighted by atomic mass is 9.92. The highest BCUT2D eigenvalue weighted by molar-refractivity contribution is 5.88. The molecule has 2 aliphatic heterocycles. The highest BCUT2D eigenvalue weighted by Gasteiger charge is 2.37. The Balaban J connectivity index is 1.39. The van der Waals surface area contributed by atoms with E-state index < -0.39 is 6.04 Å². The summed E-state index contributed by atoms with van der Waals surface area (Å²) in [6.45, 7) is 7.53. The highest BCUT2D eigenvalue weighted by Crippen LogP contribution is 2.26. The Bertz CT molecular complexity index is 828. The van der Waals surface area contributed by atoms with Crippen LogP contribution in [0.25, 0.3) is 0 Å². The molecule has 1 aromatic carbocycles. The number of carbonyl (C=O) groups excluding carboxylic acids is 3. The van der Waals surface area contributed by atoms with Gasteiger partial charge in [0.2, 0.25) is 17.7 Å². The van der Waals surface area contributed by atoms with Crippen molar-refractivity contribution in [1.29, 1.82) is 0 Å². The molecule has 0 bridgehead atoms. The lowest BCUT2D eigenvalue weighted by molar-refractivity contribution is -0.148. The minimum Gasteiger partial charge on any atom is -0.352 e. The van der Waals surface area contributed by atoms with Gasteiger partial charge in [-0.15, -0.1) is 0 Å². The summed E-state index contributed by atoms with van der Waals surface area (Å²) in [4.78, 5) is 44.3. The van der Waals surface area contributed by atoms with Crippen molar-refractivity contribution in [2.75, 3.05) is 32.7 Å². The summed E-state index contributed by atoms with van der Waals surface area (Å²) in [5, 5.41) is 3.02. The summed E-state index contributed by atoms with van der Waals surface area (Å²) < 4.78 is 0. The number of fused-ring (bicyclic) bond motifs is 1.